The van der Waals surface area contributed by atoms with E-state index in [9.17, 15) is 5.21 Å². The molecule has 1 aliphatic heterocycles. The van der Waals surface area contributed by atoms with Gasteiger partial charge in [0.2, 0.25) is 0 Å². The van der Waals surface area contributed by atoms with E-state index in [2.05, 4.69) is 4.74 Å². The SMILES string of the molecule is [O-]N(O)C1OC1O. The van der Waals surface area contributed by atoms with Crippen LogP contribution in [0.5, 0.6) is 0 Å². The number of epoxide rings is 1. The van der Waals surface area contributed by atoms with Crippen LogP contribution in [0.25, 0.3) is 0 Å². The van der Waals surface area contributed by atoms with Crippen molar-refractivity contribution in [3.63, 3.8) is 0 Å². The molecule has 0 aromatic carbocycles. The number of hydrogen-bond acceptors (Lipinski definition) is 5. The van der Waals surface area contributed by atoms with Crippen LogP contribution in [-0.2, 0) is 4.74 Å². The lowest BCUT2D eigenvalue weighted by molar-refractivity contribution is -0.0779. The first-order valence-electron chi connectivity index (χ1n) is 1.70. The maximum Gasteiger partial charge on any atom is 0.198 e. The van der Waals surface area contributed by atoms with Gasteiger partial charge < -0.3 is 20.3 Å². The fourth-order valence-electron chi connectivity index (χ4n) is 0.259. The summed E-state index contributed by atoms with van der Waals surface area (Å²) in [5, 5.41) is 25.2. The molecule has 1 aliphatic rings. The minimum atomic E-state index is -1.09. The van der Waals surface area contributed by atoms with Gasteiger partial charge in [0.15, 0.2) is 12.5 Å². The monoisotopic (exact) mass is 106 g/mol. The van der Waals surface area contributed by atoms with Crippen LogP contribution in [0.1, 0.15) is 0 Å². The zero-order valence-corrected chi connectivity index (χ0v) is 3.31. The Morgan fingerprint density at radius 1 is 1.71 bits per heavy atom. The van der Waals surface area contributed by atoms with Crippen molar-refractivity contribution in [2.45, 2.75) is 12.5 Å². The highest BCUT2D eigenvalue weighted by Gasteiger charge is 2.38. The molecule has 2 unspecified atom stereocenters. The first-order chi connectivity index (χ1) is 3.22. The molecule has 0 aliphatic carbocycles. The molecule has 7 heavy (non-hydrogen) atoms. The highest BCUT2D eigenvalue weighted by atomic mass is 16.9. The normalized spacial score (nSPS) is 39.4. The second-order valence-electron chi connectivity index (χ2n) is 1.22. The molecule has 0 amide bonds. The first kappa shape index (κ1) is 4.95. The van der Waals surface area contributed by atoms with Crippen LogP contribution >= 0.6 is 0 Å². The largest absolute Gasteiger partial charge is 0.760 e. The molecular formula is C2H4NO4-. The van der Waals surface area contributed by atoms with Gasteiger partial charge in [0.25, 0.3) is 0 Å². The van der Waals surface area contributed by atoms with Gasteiger partial charge in [-0.25, -0.2) is 5.23 Å². The van der Waals surface area contributed by atoms with E-state index in [1.54, 1.807) is 0 Å². The zero-order valence-electron chi connectivity index (χ0n) is 3.31. The van der Waals surface area contributed by atoms with Gasteiger partial charge in [-0.2, -0.15) is 0 Å². The molecule has 0 bridgehead atoms. The second kappa shape index (κ2) is 1.39. The Bertz CT molecular complexity index is 74.1. The molecule has 0 aromatic rings. The Balaban J connectivity index is 2.20. The minimum Gasteiger partial charge on any atom is -0.760 e. The fourth-order valence-corrected chi connectivity index (χ4v) is 0.259. The lowest BCUT2D eigenvalue weighted by Gasteiger charge is -2.14. The third-order valence-corrected chi connectivity index (χ3v) is 0.664. The molecular weight excluding hydrogens is 102 g/mol. The van der Waals surface area contributed by atoms with Gasteiger partial charge >= 0.3 is 0 Å². The topological polar surface area (TPSA) is 79.3 Å². The van der Waals surface area contributed by atoms with E-state index in [1.165, 1.54) is 0 Å². The third kappa shape index (κ3) is 0.872. The average molecular weight is 106 g/mol. The molecule has 2 atom stereocenters. The quantitative estimate of drug-likeness (QED) is 0.326. The van der Waals surface area contributed by atoms with Crippen LogP contribution in [0.15, 0.2) is 0 Å². The summed E-state index contributed by atoms with van der Waals surface area (Å²) < 4.78 is 4.10. The number of hydroxylamine groups is 2. The summed E-state index contributed by atoms with van der Waals surface area (Å²) in [6, 6.07) is 0. The Morgan fingerprint density at radius 3 is 2.14 bits per heavy atom. The summed E-state index contributed by atoms with van der Waals surface area (Å²) in [7, 11) is 0. The second-order valence-corrected chi connectivity index (χ2v) is 1.22. The van der Waals surface area contributed by atoms with Gasteiger partial charge in [-0.05, 0) is 0 Å². The van der Waals surface area contributed by atoms with Crippen molar-refractivity contribution in [3.8, 4) is 0 Å². The molecule has 2 N–H and O–H groups in total. The highest BCUT2D eigenvalue weighted by molar-refractivity contribution is 4.70. The van der Waals surface area contributed by atoms with E-state index in [1.807, 2.05) is 0 Å². The predicted octanol–water partition coefficient (Wildman–Crippen LogP) is -1.15. The van der Waals surface area contributed by atoms with E-state index in [0.29, 0.717) is 0 Å². The van der Waals surface area contributed by atoms with E-state index in [-0.39, 0.29) is 0 Å². The van der Waals surface area contributed by atoms with Crippen LogP contribution in [0, 0.1) is 5.21 Å². The number of aliphatic hydroxyl groups is 1. The molecule has 1 fully saturated rings. The molecule has 5 heteroatoms. The van der Waals surface area contributed by atoms with Gasteiger partial charge in [-0.15, -0.1) is 0 Å². The summed E-state index contributed by atoms with van der Waals surface area (Å²) in [6.45, 7) is 0. The molecule has 0 spiro atoms. The van der Waals surface area contributed by atoms with Crippen LogP contribution in [0.3, 0.4) is 0 Å². The molecule has 1 heterocycles. The Labute approximate surface area is 39.3 Å². The lowest BCUT2D eigenvalue weighted by Crippen LogP contribution is -2.16. The van der Waals surface area contributed by atoms with E-state index in [0.717, 1.165) is 0 Å². The zero-order chi connectivity index (χ0) is 5.44. The van der Waals surface area contributed by atoms with Gasteiger partial charge in [0.05, 0.1) is 0 Å². The van der Waals surface area contributed by atoms with Gasteiger partial charge in [0.1, 0.15) is 0 Å². The van der Waals surface area contributed by atoms with Crippen LogP contribution in [0.2, 0.25) is 0 Å². The number of ether oxygens (including phenoxy) is 1. The number of hydrogen-bond donors (Lipinski definition) is 2. The molecule has 0 aromatic heterocycles. The number of rotatable bonds is 1. The summed E-state index contributed by atoms with van der Waals surface area (Å²) in [5.74, 6) is 0. The number of aliphatic hydroxyl groups excluding tert-OH is 1. The summed E-state index contributed by atoms with van der Waals surface area (Å²) in [4.78, 5) is 0. The summed E-state index contributed by atoms with van der Waals surface area (Å²) in [5.41, 5.74) is 0. The molecule has 0 radical (unpaired) electrons. The van der Waals surface area contributed by atoms with Crippen LogP contribution < -0.4 is 0 Å². The van der Waals surface area contributed by atoms with E-state index in [4.69, 9.17) is 10.3 Å². The first-order valence-corrected chi connectivity index (χ1v) is 1.70. The van der Waals surface area contributed by atoms with Crippen molar-refractivity contribution in [2.24, 2.45) is 0 Å². The third-order valence-electron chi connectivity index (χ3n) is 0.664. The molecule has 5 nitrogen and oxygen atoms in total. The Kier molecular flexibility index (Phi) is 0.983. The summed E-state index contributed by atoms with van der Waals surface area (Å²) in [6.07, 6.45) is -2.14. The van der Waals surface area contributed by atoms with Crippen molar-refractivity contribution in [1.29, 1.82) is 0 Å². The number of nitrogens with zero attached hydrogens (tertiary/aromatic N) is 1. The molecule has 1 rings (SSSR count). The smallest absolute Gasteiger partial charge is 0.198 e. The maximum atomic E-state index is 9.60. The Hall–Kier alpha value is -0.200. The molecule has 42 valence electrons. The predicted molar refractivity (Wildman–Crippen MR) is 17.9 cm³/mol. The molecule has 1 saturated heterocycles. The van der Waals surface area contributed by atoms with Crippen molar-refractivity contribution >= 4 is 0 Å². The fraction of sp³-hybridized carbons (Fsp3) is 1.00. The molecule has 0 saturated carbocycles. The lowest BCUT2D eigenvalue weighted by atomic mass is 10.7. The Morgan fingerprint density at radius 2 is 2.14 bits per heavy atom. The van der Waals surface area contributed by atoms with Crippen molar-refractivity contribution in [1.82, 2.24) is 5.23 Å². The van der Waals surface area contributed by atoms with E-state index < -0.39 is 17.7 Å². The standard InChI is InChI=1S/C2H4NO4/c4-2-1(7-2)3(5)6/h1-2,4-5H/q-1. The van der Waals surface area contributed by atoms with E-state index >= 15 is 0 Å². The van der Waals surface area contributed by atoms with Crippen molar-refractivity contribution in [3.05, 3.63) is 5.21 Å². The van der Waals surface area contributed by atoms with Crippen LogP contribution in [0.4, 0.5) is 0 Å². The maximum absolute atomic E-state index is 9.60. The van der Waals surface area contributed by atoms with Crippen molar-refractivity contribution in [2.75, 3.05) is 0 Å². The summed E-state index contributed by atoms with van der Waals surface area (Å²) >= 11 is 0. The minimum absolute atomic E-state index is 0.426. The highest BCUT2D eigenvalue weighted by Crippen LogP contribution is 2.19. The van der Waals surface area contributed by atoms with Crippen molar-refractivity contribution < 1.29 is 15.1 Å². The van der Waals surface area contributed by atoms with Gasteiger partial charge in [-0.3, -0.25) is 0 Å². The van der Waals surface area contributed by atoms with Crippen LogP contribution in [-0.4, -0.2) is 28.1 Å². The average Bonchev–Trinajstić information content (AvgIpc) is 2.17. The van der Waals surface area contributed by atoms with Gasteiger partial charge in [0, 0.05) is 0 Å². The van der Waals surface area contributed by atoms with Gasteiger partial charge in [-0.1, -0.05) is 0 Å².